The van der Waals surface area contributed by atoms with Crippen molar-refractivity contribution in [1.82, 2.24) is 0 Å². The second-order valence-electron chi connectivity index (χ2n) is 5.97. The van der Waals surface area contributed by atoms with Gasteiger partial charge < -0.3 is 14.0 Å². The van der Waals surface area contributed by atoms with Crippen molar-refractivity contribution in [3.63, 3.8) is 0 Å². The molecule has 0 aliphatic carbocycles. The first-order valence-electron chi connectivity index (χ1n) is 6.97. The molecule has 0 N–H and O–H groups in total. The number of allylic oxidation sites excluding steroid dienone is 3. The third-order valence-electron chi connectivity index (χ3n) is 4.01. The summed E-state index contributed by atoms with van der Waals surface area (Å²) in [6.45, 7) is 13.1. The van der Waals surface area contributed by atoms with E-state index in [4.69, 9.17) is 14.0 Å². The molecule has 0 saturated carbocycles. The molecule has 0 radical (unpaired) electrons. The zero-order valence-corrected chi connectivity index (χ0v) is 13.4. The van der Waals surface area contributed by atoms with Gasteiger partial charge in [0, 0.05) is 7.11 Å². The summed E-state index contributed by atoms with van der Waals surface area (Å²) in [6.07, 6.45) is 5.14. The molecule has 1 aliphatic rings. The fraction of sp³-hybridized carbons (Fsp3) is 0.733. The highest BCUT2D eigenvalue weighted by atomic mass is 16.7. The Kier molecular flexibility index (Phi) is 5.42. The summed E-state index contributed by atoms with van der Waals surface area (Å²) in [7, 11) is 1.42. The number of methoxy groups -OCH3 is 1. The Morgan fingerprint density at radius 2 is 1.68 bits per heavy atom. The Bertz CT molecular complexity index is 354. The molecule has 0 bridgehead atoms. The van der Waals surface area contributed by atoms with Crippen LogP contribution in [0.15, 0.2) is 23.2 Å². The van der Waals surface area contributed by atoms with Crippen LogP contribution < -0.4 is 0 Å². The van der Waals surface area contributed by atoms with Crippen molar-refractivity contribution in [1.29, 1.82) is 0 Å². The van der Waals surface area contributed by atoms with Crippen LogP contribution in [0.1, 0.15) is 48.0 Å². The van der Waals surface area contributed by atoms with Crippen LogP contribution >= 0.6 is 0 Å². The first kappa shape index (κ1) is 16.5. The van der Waals surface area contributed by atoms with Gasteiger partial charge in [-0.3, -0.25) is 0 Å². The largest absolute Gasteiger partial charge is 0.494 e. The topological polar surface area (TPSA) is 27.7 Å². The third kappa shape index (κ3) is 3.71. The standard InChI is InChI=1S/C15H27BO3/c1-8-12(11-17-7)10-13(9-2)16-18-14(3,4)15(5,6)19-16/h9-10H,8,11H2,1-7H3/b12-10-,13-9+. The first-order valence-corrected chi connectivity index (χ1v) is 6.97. The molecule has 0 aromatic carbocycles. The van der Waals surface area contributed by atoms with Gasteiger partial charge in [-0.25, -0.2) is 0 Å². The lowest BCUT2D eigenvalue weighted by Crippen LogP contribution is -2.41. The number of rotatable bonds is 5. The van der Waals surface area contributed by atoms with Crippen molar-refractivity contribution in [3.05, 3.63) is 23.2 Å². The van der Waals surface area contributed by atoms with Gasteiger partial charge in [0.05, 0.1) is 17.8 Å². The molecule has 0 spiro atoms. The lowest BCUT2D eigenvalue weighted by Gasteiger charge is -2.32. The molecular formula is C15H27BO3. The Morgan fingerprint density at radius 1 is 1.16 bits per heavy atom. The van der Waals surface area contributed by atoms with E-state index < -0.39 is 0 Å². The van der Waals surface area contributed by atoms with Gasteiger partial charge in [-0.15, -0.1) is 0 Å². The van der Waals surface area contributed by atoms with E-state index >= 15 is 0 Å². The lowest BCUT2D eigenvalue weighted by molar-refractivity contribution is 0.00578. The number of ether oxygens (including phenoxy) is 1. The molecular weight excluding hydrogens is 239 g/mol. The van der Waals surface area contributed by atoms with E-state index in [0.717, 1.165) is 11.9 Å². The van der Waals surface area contributed by atoms with Gasteiger partial charge in [0.1, 0.15) is 0 Å². The Labute approximate surface area is 118 Å². The molecule has 19 heavy (non-hydrogen) atoms. The molecule has 0 aromatic heterocycles. The average Bonchev–Trinajstić information content (AvgIpc) is 2.53. The normalized spacial score (nSPS) is 23.0. The van der Waals surface area contributed by atoms with Crippen molar-refractivity contribution in [2.24, 2.45) is 0 Å². The SMILES string of the molecule is C/C=C(\C=C(\CC)COC)B1OC(C)(C)C(C)(C)O1. The van der Waals surface area contributed by atoms with E-state index in [1.807, 2.05) is 13.0 Å². The minimum Gasteiger partial charge on any atom is -0.399 e. The van der Waals surface area contributed by atoms with Crippen molar-refractivity contribution >= 4 is 7.12 Å². The maximum Gasteiger partial charge on any atom is 0.494 e. The van der Waals surface area contributed by atoms with Crippen LogP contribution in [0.5, 0.6) is 0 Å². The van der Waals surface area contributed by atoms with Crippen LogP contribution in [0.4, 0.5) is 0 Å². The van der Waals surface area contributed by atoms with E-state index in [0.29, 0.717) is 6.61 Å². The van der Waals surface area contributed by atoms with Gasteiger partial charge in [0.15, 0.2) is 0 Å². The zero-order chi connectivity index (χ0) is 14.7. The molecule has 1 rings (SSSR count). The van der Waals surface area contributed by atoms with E-state index in [9.17, 15) is 0 Å². The summed E-state index contributed by atoms with van der Waals surface area (Å²) >= 11 is 0. The Hall–Kier alpha value is -0.575. The minimum atomic E-state index is -0.298. The highest BCUT2D eigenvalue weighted by molar-refractivity contribution is 6.55. The quantitative estimate of drug-likeness (QED) is 0.562. The smallest absolute Gasteiger partial charge is 0.399 e. The Balaban J connectivity index is 2.90. The van der Waals surface area contributed by atoms with Gasteiger partial charge in [-0.05, 0) is 52.1 Å². The predicted octanol–water partition coefficient (Wildman–Crippen LogP) is 3.55. The summed E-state index contributed by atoms with van der Waals surface area (Å²) in [5, 5.41) is 0. The van der Waals surface area contributed by atoms with Gasteiger partial charge in [-0.1, -0.05) is 19.1 Å². The summed E-state index contributed by atoms with van der Waals surface area (Å²) in [6, 6.07) is 0. The lowest BCUT2D eigenvalue weighted by atomic mass is 9.77. The fourth-order valence-corrected chi connectivity index (χ4v) is 1.93. The van der Waals surface area contributed by atoms with Crippen LogP contribution in [0.2, 0.25) is 0 Å². The molecule has 1 aliphatic heterocycles. The fourth-order valence-electron chi connectivity index (χ4n) is 1.93. The molecule has 1 saturated heterocycles. The molecule has 4 heteroatoms. The van der Waals surface area contributed by atoms with Crippen molar-refractivity contribution in [2.75, 3.05) is 13.7 Å². The molecule has 3 nitrogen and oxygen atoms in total. The highest BCUT2D eigenvalue weighted by Gasteiger charge is 2.51. The van der Waals surface area contributed by atoms with Gasteiger partial charge in [-0.2, -0.15) is 0 Å². The third-order valence-corrected chi connectivity index (χ3v) is 4.01. The summed E-state index contributed by atoms with van der Waals surface area (Å²) < 4.78 is 17.3. The molecule has 0 amide bonds. The van der Waals surface area contributed by atoms with Crippen molar-refractivity contribution < 1.29 is 14.0 Å². The molecule has 0 aromatic rings. The van der Waals surface area contributed by atoms with Gasteiger partial charge in [0.2, 0.25) is 0 Å². The summed E-state index contributed by atoms with van der Waals surface area (Å²) in [5.41, 5.74) is 1.71. The van der Waals surface area contributed by atoms with E-state index in [1.54, 1.807) is 7.11 Å². The molecule has 108 valence electrons. The molecule has 0 unspecified atom stereocenters. The van der Waals surface area contributed by atoms with Gasteiger partial charge >= 0.3 is 7.12 Å². The first-order chi connectivity index (χ1) is 8.77. The van der Waals surface area contributed by atoms with E-state index in [-0.39, 0.29) is 18.3 Å². The maximum atomic E-state index is 6.06. The molecule has 1 heterocycles. The highest BCUT2D eigenvalue weighted by Crippen LogP contribution is 2.38. The number of hydrogen-bond acceptors (Lipinski definition) is 3. The van der Waals surface area contributed by atoms with Crippen LogP contribution in [-0.2, 0) is 14.0 Å². The summed E-state index contributed by atoms with van der Waals surface area (Å²) in [4.78, 5) is 0. The Morgan fingerprint density at radius 3 is 2.05 bits per heavy atom. The molecule has 0 atom stereocenters. The van der Waals surface area contributed by atoms with Crippen LogP contribution in [-0.4, -0.2) is 32.0 Å². The zero-order valence-electron chi connectivity index (χ0n) is 13.4. The van der Waals surface area contributed by atoms with Crippen LogP contribution in [0, 0.1) is 0 Å². The predicted molar refractivity (Wildman–Crippen MR) is 80.1 cm³/mol. The van der Waals surface area contributed by atoms with Gasteiger partial charge in [0.25, 0.3) is 0 Å². The van der Waals surface area contributed by atoms with E-state index in [2.05, 4.69) is 40.7 Å². The average molecular weight is 266 g/mol. The van der Waals surface area contributed by atoms with Crippen LogP contribution in [0.25, 0.3) is 0 Å². The monoisotopic (exact) mass is 266 g/mol. The van der Waals surface area contributed by atoms with Crippen molar-refractivity contribution in [2.45, 2.75) is 59.2 Å². The number of hydrogen-bond donors (Lipinski definition) is 0. The van der Waals surface area contributed by atoms with E-state index in [1.165, 1.54) is 5.57 Å². The minimum absolute atomic E-state index is 0.298. The summed E-state index contributed by atoms with van der Waals surface area (Å²) in [5.74, 6) is 0. The second-order valence-corrected chi connectivity index (χ2v) is 5.97. The second kappa shape index (κ2) is 6.25. The molecule has 1 fully saturated rings. The van der Waals surface area contributed by atoms with Crippen LogP contribution in [0.3, 0.4) is 0 Å². The van der Waals surface area contributed by atoms with Crippen molar-refractivity contribution in [3.8, 4) is 0 Å². The maximum absolute atomic E-state index is 6.06.